The van der Waals surface area contributed by atoms with Crippen LogP contribution in [0.3, 0.4) is 0 Å². The van der Waals surface area contributed by atoms with E-state index < -0.39 is 0 Å². The number of para-hydroxylation sites is 1. The number of nitrogens with zero attached hydrogens (tertiary/aromatic N) is 2. The zero-order valence-electron chi connectivity index (χ0n) is 18.1. The van der Waals surface area contributed by atoms with Crippen LogP contribution >= 0.6 is 11.8 Å². The summed E-state index contributed by atoms with van der Waals surface area (Å²) in [5.41, 5.74) is 1.67. The molecule has 1 heterocycles. The first-order chi connectivity index (χ1) is 15.0. The second-order valence-electron chi connectivity index (χ2n) is 7.38. The van der Waals surface area contributed by atoms with E-state index in [1.54, 1.807) is 28.7 Å². The monoisotopic (exact) mass is 440 g/mol. The Hall–Kier alpha value is -2.80. The van der Waals surface area contributed by atoms with Crippen molar-refractivity contribution >= 4 is 28.6 Å². The Bertz CT molecular complexity index is 1060. The second kappa shape index (κ2) is 11.0. The number of esters is 1. The molecule has 0 N–H and O–H groups in total. The van der Waals surface area contributed by atoms with Gasteiger partial charge in [0.05, 0.1) is 30.4 Å². The van der Waals surface area contributed by atoms with Crippen LogP contribution in [0.25, 0.3) is 10.9 Å². The normalized spacial score (nSPS) is 12.1. The Kier molecular flexibility index (Phi) is 8.12. The largest absolute Gasteiger partial charge is 0.492 e. The molecule has 0 spiro atoms. The molecule has 3 aromatic rings. The maximum Gasteiger partial charge on any atom is 0.319 e. The standard InChI is InChI=1S/C24H28N2O4S/c1-4-29-24(28)22(31-17(2)3)15-18-9-11-19(12-10-18)30-14-13-26-16-25-21-8-6-5-7-20(21)23(26)27/h5-12,16-17,22H,4,13-15H2,1-3H3. The van der Waals surface area contributed by atoms with E-state index >= 15 is 0 Å². The number of hydrogen-bond donors (Lipinski definition) is 0. The van der Waals surface area contributed by atoms with Gasteiger partial charge in [0.1, 0.15) is 17.6 Å². The fourth-order valence-corrected chi connectivity index (χ4v) is 4.34. The van der Waals surface area contributed by atoms with Crippen molar-refractivity contribution in [1.82, 2.24) is 9.55 Å². The van der Waals surface area contributed by atoms with Crippen LogP contribution in [0.15, 0.2) is 59.7 Å². The van der Waals surface area contributed by atoms with Crippen LogP contribution in [0.1, 0.15) is 26.3 Å². The highest BCUT2D eigenvalue weighted by molar-refractivity contribution is 8.01. The molecule has 0 fully saturated rings. The molecule has 3 rings (SSSR count). The number of benzene rings is 2. The van der Waals surface area contributed by atoms with Crippen molar-refractivity contribution in [3.63, 3.8) is 0 Å². The van der Waals surface area contributed by atoms with Crippen molar-refractivity contribution in [2.45, 2.75) is 44.2 Å². The molecule has 0 amide bonds. The van der Waals surface area contributed by atoms with Gasteiger partial charge in [0.15, 0.2) is 0 Å². The van der Waals surface area contributed by atoms with E-state index in [2.05, 4.69) is 18.8 Å². The van der Waals surface area contributed by atoms with Crippen molar-refractivity contribution in [3.8, 4) is 5.75 Å². The number of aromatic nitrogens is 2. The van der Waals surface area contributed by atoms with E-state index in [9.17, 15) is 9.59 Å². The minimum absolute atomic E-state index is 0.0720. The van der Waals surface area contributed by atoms with Crippen LogP contribution in [0, 0.1) is 0 Å². The van der Waals surface area contributed by atoms with Crippen molar-refractivity contribution in [2.75, 3.05) is 13.2 Å². The molecule has 0 radical (unpaired) electrons. The number of thioether (sulfide) groups is 1. The fraction of sp³-hybridized carbons (Fsp3) is 0.375. The number of carbonyl (C=O) groups is 1. The third kappa shape index (κ3) is 6.34. The van der Waals surface area contributed by atoms with Crippen molar-refractivity contribution in [1.29, 1.82) is 0 Å². The second-order valence-corrected chi connectivity index (χ2v) is 9.17. The van der Waals surface area contributed by atoms with Gasteiger partial charge in [0.25, 0.3) is 5.56 Å². The third-order valence-electron chi connectivity index (χ3n) is 4.66. The molecule has 0 saturated heterocycles. The van der Waals surface area contributed by atoms with Gasteiger partial charge in [0, 0.05) is 0 Å². The van der Waals surface area contributed by atoms with Crippen molar-refractivity contribution in [3.05, 3.63) is 70.8 Å². The van der Waals surface area contributed by atoms with Gasteiger partial charge < -0.3 is 9.47 Å². The number of ether oxygens (including phenoxy) is 2. The molecule has 1 unspecified atom stereocenters. The Morgan fingerprint density at radius 1 is 1.13 bits per heavy atom. The first-order valence-electron chi connectivity index (χ1n) is 10.5. The Morgan fingerprint density at radius 2 is 1.87 bits per heavy atom. The van der Waals surface area contributed by atoms with Gasteiger partial charge in [-0.2, -0.15) is 0 Å². The molecule has 6 nitrogen and oxygen atoms in total. The zero-order valence-corrected chi connectivity index (χ0v) is 18.9. The van der Waals surface area contributed by atoms with Crippen LogP contribution in [0.5, 0.6) is 5.75 Å². The lowest BCUT2D eigenvalue weighted by Crippen LogP contribution is -2.24. The summed E-state index contributed by atoms with van der Waals surface area (Å²) < 4.78 is 12.6. The molecule has 0 aliphatic rings. The van der Waals surface area contributed by atoms with E-state index in [0.717, 1.165) is 11.3 Å². The molecule has 0 bridgehead atoms. The first kappa shape index (κ1) is 22.9. The van der Waals surface area contributed by atoms with Gasteiger partial charge in [-0.3, -0.25) is 14.2 Å². The summed E-state index contributed by atoms with van der Waals surface area (Å²) in [5, 5.41) is 0.716. The molecular formula is C24H28N2O4S. The Morgan fingerprint density at radius 3 is 2.58 bits per heavy atom. The molecule has 1 atom stereocenters. The smallest absolute Gasteiger partial charge is 0.319 e. The maximum absolute atomic E-state index is 12.5. The van der Waals surface area contributed by atoms with Crippen LogP contribution in [-0.4, -0.2) is 39.2 Å². The SMILES string of the molecule is CCOC(=O)C(Cc1ccc(OCCn2cnc3ccccc3c2=O)cc1)SC(C)C. The fourth-order valence-electron chi connectivity index (χ4n) is 3.21. The van der Waals surface area contributed by atoms with E-state index in [4.69, 9.17) is 9.47 Å². The lowest BCUT2D eigenvalue weighted by Gasteiger charge is -2.17. The molecule has 0 aliphatic heterocycles. The highest BCUT2D eigenvalue weighted by atomic mass is 32.2. The van der Waals surface area contributed by atoms with Crippen LogP contribution in [0.4, 0.5) is 0 Å². The number of rotatable bonds is 10. The van der Waals surface area contributed by atoms with Gasteiger partial charge in [-0.15, -0.1) is 11.8 Å². The molecule has 164 valence electrons. The molecule has 7 heteroatoms. The van der Waals surface area contributed by atoms with Crippen LogP contribution < -0.4 is 10.3 Å². The molecule has 0 saturated carbocycles. The predicted molar refractivity (Wildman–Crippen MR) is 125 cm³/mol. The van der Waals surface area contributed by atoms with Gasteiger partial charge in [0.2, 0.25) is 0 Å². The maximum atomic E-state index is 12.5. The molecule has 1 aromatic heterocycles. The van der Waals surface area contributed by atoms with Crippen molar-refractivity contribution in [2.24, 2.45) is 0 Å². The number of hydrogen-bond acceptors (Lipinski definition) is 6. The number of fused-ring (bicyclic) bond motifs is 1. The molecule has 2 aromatic carbocycles. The molecular weight excluding hydrogens is 412 g/mol. The highest BCUT2D eigenvalue weighted by Gasteiger charge is 2.22. The third-order valence-corrected chi connectivity index (χ3v) is 5.89. The van der Waals surface area contributed by atoms with Gasteiger partial charge in [-0.1, -0.05) is 38.1 Å². The average molecular weight is 441 g/mol. The van der Waals surface area contributed by atoms with Crippen LogP contribution in [0.2, 0.25) is 0 Å². The minimum atomic E-state index is -0.223. The summed E-state index contributed by atoms with van der Waals surface area (Å²) in [6.07, 6.45) is 2.17. The lowest BCUT2D eigenvalue weighted by molar-refractivity contribution is -0.142. The summed E-state index contributed by atoms with van der Waals surface area (Å²) in [4.78, 5) is 29.1. The quantitative estimate of drug-likeness (QED) is 0.442. The highest BCUT2D eigenvalue weighted by Crippen LogP contribution is 2.23. The summed E-state index contributed by atoms with van der Waals surface area (Å²) in [5.74, 6) is 0.547. The van der Waals surface area contributed by atoms with Crippen LogP contribution in [-0.2, 0) is 22.5 Å². The molecule has 0 aliphatic carbocycles. The van der Waals surface area contributed by atoms with E-state index in [1.165, 1.54) is 0 Å². The summed E-state index contributed by atoms with van der Waals surface area (Å²) in [6, 6.07) is 15.0. The summed E-state index contributed by atoms with van der Waals surface area (Å²) >= 11 is 1.62. The predicted octanol–water partition coefficient (Wildman–Crippen LogP) is 4.09. The number of carbonyl (C=O) groups excluding carboxylic acids is 1. The van der Waals surface area contributed by atoms with E-state index in [1.807, 2.05) is 49.4 Å². The average Bonchev–Trinajstić information content (AvgIpc) is 2.76. The summed E-state index contributed by atoms with van der Waals surface area (Å²) in [6.45, 7) is 7.12. The Labute approximate surface area is 186 Å². The summed E-state index contributed by atoms with van der Waals surface area (Å²) in [7, 11) is 0. The Balaban J connectivity index is 1.57. The first-order valence-corrected chi connectivity index (χ1v) is 11.4. The van der Waals surface area contributed by atoms with Crippen molar-refractivity contribution < 1.29 is 14.3 Å². The van der Waals surface area contributed by atoms with E-state index in [0.29, 0.717) is 42.3 Å². The van der Waals surface area contributed by atoms with E-state index in [-0.39, 0.29) is 16.8 Å². The van der Waals surface area contributed by atoms with Gasteiger partial charge in [-0.05, 0) is 48.4 Å². The van der Waals surface area contributed by atoms with Gasteiger partial charge >= 0.3 is 5.97 Å². The lowest BCUT2D eigenvalue weighted by atomic mass is 10.1. The minimum Gasteiger partial charge on any atom is -0.492 e. The van der Waals surface area contributed by atoms with Gasteiger partial charge in [-0.25, -0.2) is 4.98 Å². The zero-order chi connectivity index (χ0) is 22.2. The molecule has 31 heavy (non-hydrogen) atoms. The topological polar surface area (TPSA) is 70.4 Å².